The molecule has 108 valence electrons. The van der Waals surface area contributed by atoms with E-state index in [0.29, 0.717) is 5.75 Å². The summed E-state index contributed by atoms with van der Waals surface area (Å²) in [6.45, 7) is 10.9. The maximum Gasteiger partial charge on any atom is 0.119 e. The van der Waals surface area contributed by atoms with Crippen molar-refractivity contribution in [2.24, 2.45) is 5.41 Å². The molecule has 0 amide bonds. The van der Waals surface area contributed by atoms with Crippen molar-refractivity contribution in [3.05, 3.63) is 41.0 Å². The van der Waals surface area contributed by atoms with E-state index in [-0.39, 0.29) is 10.8 Å². The molecular formula is C19H26O. The van der Waals surface area contributed by atoms with Crippen LogP contribution in [0.4, 0.5) is 0 Å². The van der Waals surface area contributed by atoms with Crippen LogP contribution in [0, 0.1) is 5.41 Å². The molecule has 1 unspecified atom stereocenters. The van der Waals surface area contributed by atoms with Gasteiger partial charge >= 0.3 is 0 Å². The topological polar surface area (TPSA) is 20.2 Å². The predicted octanol–water partition coefficient (Wildman–Crippen LogP) is 4.69. The fraction of sp³-hybridized carbons (Fsp3) is 0.579. The number of fused-ring (bicyclic) bond motifs is 3. The molecule has 1 aromatic rings. The number of aromatic hydroxyl groups is 1. The number of phenols is 1. The molecule has 0 radical (unpaired) electrons. The third-order valence-corrected chi connectivity index (χ3v) is 5.62. The summed E-state index contributed by atoms with van der Waals surface area (Å²) >= 11 is 0. The molecule has 20 heavy (non-hydrogen) atoms. The van der Waals surface area contributed by atoms with E-state index < -0.39 is 0 Å². The standard InChI is InChI=1S/C19H26O/c1-5-19(4)10-8-13-14-7-6-9-18(2,3)16(14)11-17(20)15(13)12-19/h5,11,20H,1,6-10,12H2,2-4H3. The number of hydrogen-bond acceptors (Lipinski definition) is 1. The molecule has 0 bridgehead atoms. The summed E-state index contributed by atoms with van der Waals surface area (Å²) in [7, 11) is 0. The van der Waals surface area contributed by atoms with Gasteiger partial charge in [-0.2, -0.15) is 0 Å². The Morgan fingerprint density at radius 3 is 2.55 bits per heavy atom. The first-order valence-electron chi connectivity index (χ1n) is 7.87. The minimum absolute atomic E-state index is 0.142. The molecule has 0 spiro atoms. The Balaban J connectivity index is 2.16. The summed E-state index contributed by atoms with van der Waals surface area (Å²) in [5, 5.41) is 10.5. The van der Waals surface area contributed by atoms with Gasteiger partial charge < -0.3 is 5.11 Å². The lowest BCUT2D eigenvalue weighted by Gasteiger charge is -2.39. The van der Waals surface area contributed by atoms with E-state index >= 15 is 0 Å². The van der Waals surface area contributed by atoms with Crippen LogP contribution in [-0.2, 0) is 24.7 Å². The van der Waals surface area contributed by atoms with Crippen molar-refractivity contribution in [3.63, 3.8) is 0 Å². The van der Waals surface area contributed by atoms with E-state index in [9.17, 15) is 5.11 Å². The van der Waals surface area contributed by atoms with Gasteiger partial charge in [-0.25, -0.2) is 0 Å². The SMILES string of the molecule is C=CC1(C)CCc2c(c(O)cc3c2CCCC3(C)C)C1. The van der Waals surface area contributed by atoms with Gasteiger partial charge in [0.1, 0.15) is 5.75 Å². The molecule has 1 atom stereocenters. The Kier molecular flexibility index (Phi) is 3.00. The van der Waals surface area contributed by atoms with E-state index in [0.717, 1.165) is 19.3 Å². The monoisotopic (exact) mass is 270 g/mol. The first-order chi connectivity index (χ1) is 9.36. The number of rotatable bonds is 1. The van der Waals surface area contributed by atoms with Crippen LogP contribution in [-0.4, -0.2) is 5.11 Å². The summed E-state index contributed by atoms with van der Waals surface area (Å²) in [4.78, 5) is 0. The third-order valence-electron chi connectivity index (χ3n) is 5.62. The Morgan fingerprint density at radius 2 is 1.85 bits per heavy atom. The lowest BCUT2D eigenvalue weighted by atomic mass is 9.66. The lowest BCUT2D eigenvalue weighted by Crippen LogP contribution is -2.29. The van der Waals surface area contributed by atoms with Crippen molar-refractivity contribution < 1.29 is 5.11 Å². The lowest BCUT2D eigenvalue weighted by molar-refractivity contribution is 0.349. The minimum Gasteiger partial charge on any atom is -0.508 e. The fourth-order valence-corrected chi connectivity index (χ4v) is 4.12. The van der Waals surface area contributed by atoms with E-state index in [1.165, 1.54) is 36.0 Å². The Labute approximate surface area is 122 Å². The van der Waals surface area contributed by atoms with Gasteiger partial charge in [0.05, 0.1) is 0 Å². The quantitative estimate of drug-likeness (QED) is 0.734. The van der Waals surface area contributed by atoms with E-state index in [2.05, 4.69) is 39.5 Å². The molecule has 0 saturated heterocycles. The van der Waals surface area contributed by atoms with Gasteiger partial charge in [-0.15, -0.1) is 6.58 Å². The Bertz CT molecular complexity index is 568. The van der Waals surface area contributed by atoms with Crippen LogP contribution in [0.5, 0.6) is 5.75 Å². The summed E-state index contributed by atoms with van der Waals surface area (Å²) < 4.78 is 0. The second kappa shape index (κ2) is 4.38. The van der Waals surface area contributed by atoms with Gasteiger partial charge in [0, 0.05) is 0 Å². The maximum atomic E-state index is 10.5. The largest absolute Gasteiger partial charge is 0.508 e. The second-order valence-electron chi connectivity index (χ2n) is 7.65. The van der Waals surface area contributed by atoms with E-state index in [1.54, 1.807) is 5.56 Å². The summed E-state index contributed by atoms with van der Waals surface area (Å²) in [5.74, 6) is 0.515. The Morgan fingerprint density at radius 1 is 1.10 bits per heavy atom. The van der Waals surface area contributed by atoms with E-state index in [1.807, 2.05) is 0 Å². The van der Waals surface area contributed by atoms with Crippen LogP contribution in [0.2, 0.25) is 0 Å². The Hall–Kier alpha value is -1.24. The highest BCUT2D eigenvalue weighted by Crippen LogP contribution is 2.47. The smallest absolute Gasteiger partial charge is 0.119 e. The highest BCUT2D eigenvalue weighted by atomic mass is 16.3. The summed E-state index contributed by atoms with van der Waals surface area (Å²) in [6, 6.07) is 2.06. The molecule has 2 aliphatic carbocycles. The molecule has 1 N–H and O–H groups in total. The fourth-order valence-electron chi connectivity index (χ4n) is 4.12. The average molecular weight is 270 g/mol. The summed E-state index contributed by atoms with van der Waals surface area (Å²) in [5.41, 5.74) is 5.92. The van der Waals surface area contributed by atoms with Gasteiger partial charge in [0.25, 0.3) is 0 Å². The van der Waals surface area contributed by atoms with E-state index in [4.69, 9.17) is 0 Å². The highest BCUT2D eigenvalue weighted by molar-refractivity contribution is 5.54. The molecule has 0 aliphatic heterocycles. The molecule has 0 heterocycles. The molecule has 0 saturated carbocycles. The summed E-state index contributed by atoms with van der Waals surface area (Å²) in [6.07, 6.45) is 8.93. The van der Waals surface area contributed by atoms with Crippen molar-refractivity contribution in [3.8, 4) is 5.75 Å². The zero-order chi connectivity index (χ0) is 14.5. The molecule has 1 nitrogen and oxygen atoms in total. The number of allylic oxidation sites excluding steroid dienone is 1. The first-order valence-corrected chi connectivity index (χ1v) is 7.87. The molecule has 1 aromatic carbocycles. The minimum atomic E-state index is 0.142. The predicted molar refractivity (Wildman–Crippen MR) is 84.4 cm³/mol. The van der Waals surface area contributed by atoms with Gasteiger partial charge in [0.15, 0.2) is 0 Å². The highest BCUT2D eigenvalue weighted by Gasteiger charge is 2.35. The van der Waals surface area contributed by atoms with Gasteiger partial charge in [-0.1, -0.05) is 26.8 Å². The molecule has 2 aliphatic rings. The van der Waals surface area contributed by atoms with Crippen LogP contribution in [0.15, 0.2) is 18.7 Å². The van der Waals surface area contributed by atoms with Crippen LogP contribution >= 0.6 is 0 Å². The maximum absolute atomic E-state index is 10.5. The number of hydrogen-bond donors (Lipinski definition) is 1. The van der Waals surface area contributed by atoms with Crippen molar-refractivity contribution >= 4 is 0 Å². The molecule has 1 heteroatoms. The van der Waals surface area contributed by atoms with Crippen LogP contribution in [0.3, 0.4) is 0 Å². The first kappa shape index (κ1) is 13.7. The van der Waals surface area contributed by atoms with Crippen LogP contribution in [0.25, 0.3) is 0 Å². The van der Waals surface area contributed by atoms with Crippen molar-refractivity contribution in [1.29, 1.82) is 0 Å². The second-order valence-corrected chi connectivity index (χ2v) is 7.65. The van der Waals surface area contributed by atoms with Crippen LogP contribution < -0.4 is 0 Å². The average Bonchev–Trinajstić information content (AvgIpc) is 2.40. The molecule has 3 rings (SSSR count). The van der Waals surface area contributed by atoms with Crippen molar-refractivity contribution in [2.75, 3.05) is 0 Å². The zero-order valence-electron chi connectivity index (χ0n) is 13.1. The number of phenolic OH excluding ortho intramolecular Hbond substituents is 1. The molecule has 0 aromatic heterocycles. The van der Waals surface area contributed by atoms with Crippen LogP contribution in [0.1, 0.15) is 62.3 Å². The molecule has 0 fully saturated rings. The van der Waals surface area contributed by atoms with Gasteiger partial charge in [0.2, 0.25) is 0 Å². The van der Waals surface area contributed by atoms with Gasteiger partial charge in [-0.05, 0) is 77.7 Å². The van der Waals surface area contributed by atoms with Crippen molar-refractivity contribution in [1.82, 2.24) is 0 Å². The third kappa shape index (κ3) is 1.99. The van der Waals surface area contributed by atoms with Crippen molar-refractivity contribution in [2.45, 2.75) is 64.7 Å². The molecular weight excluding hydrogens is 244 g/mol. The number of benzene rings is 1. The normalized spacial score (nSPS) is 27.6. The van der Waals surface area contributed by atoms with Gasteiger partial charge in [-0.3, -0.25) is 0 Å². The zero-order valence-corrected chi connectivity index (χ0v) is 13.1.